The topological polar surface area (TPSA) is 41.1 Å². The summed E-state index contributed by atoms with van der Waals surface area (Å²) >= 11 is 17.8. The number of amides is 2. The second kappa shape index (κ2) is 10.7. The second-order valence-electron chi connectivity index (χ2n) is 7.25. The van der Waals surface area contributed by atoms with E-state index in [1.807, 2.05) is 25.1 Å². The monoisotopic (exact) mass is 514 g/mol. The summed E-state index contributed by atoms with van der Waals surface area (Å²) in [5, 5.41) is 6.93. The largest absolute Gasteiger partial charge is 0.399 e. The second-order valence-corrected chi connectivity index (χ2v) is 8.44. The molecule has 0 heterocycles. The molecule has 2 N–H and O–H groups in total. The van der Waals surface area contributed by atoms with Crippen molar-refractivity contribution in [3.8, 4) is 0 Å². The Kier molecular flexibility index (Phi) is 8.16. The standard InChI is InChI=1S/C24H20Cl3F3N2O/c1-2-31-23(33)32-13-15-8-7-14(17-5-3-4-6-18(15)17)9-10-19(24(28,29)30)16-11-20(25)22(27)21(26)12-16/h3-12,19H,2,13H2,1H3,(H2,31,32,33)/b10-9+. The number of rotatable bonds is 6. The summed E-state index contributed by atoms with van der Waals surface area (Å²) in [6.07, 6.45) is -2.06. The number of nitrogens with one attached hydrogen (secondary N) is 2. The Morgan fingerprint density at radius 3 is 2.24 bits per heavy atom. The molecule has 0 saturated carbocycles. The summed E-state index contributed by atoms with van der Waals surface area (Å²) < 4.78 is 41.6. The van der Waals surface area contributed by atoms with E-state index in [4.69, 9.17) is 34.8 Å². The van der Waals surface area contributed by atoms with Crippen molar-refractivity contribution >= 4 is 57.7 Å². The van der Waals surface area contributed by atoms with Crippen LogP contribution in [0.2, 0.25) is 15.1 Å². The molecule has 174 valence electrons. The summed E-state index contributed by atoms with van der Waals surface area (Å²) in [5.41, 5.74) is 1.34. The van der Waals surface area contributed by atoms with Gasteiger partial charge in [0.2, 0.25) is 0 Å². The fourth-order valence-corrected chi connectivity index (χ4v) is 4.06. The van der Waals surface area contributed by atoms with Gasteiger partial charge in [-0.25, -0.2) is 4.79 Å². The third-order valence-corrected chi connectivity index (χ3v) is 6.21. The maximum absolute atomic E-state index is 13.9. The van der Waals surface area contributed by atoms with Gasteiger partial charge in [0, 0.05) is 13.1 Å². The number of allylic oxidation sites excluding steroid dienone is 1. The fourth-order valence-electron chi connectivity index (χ4n) is 3.45. The number of alkyl halides is 3. The van der Waals surface area contributed by atoms with Gasteiger partial charge in [0.15, 0.2) is 0 Å². The maximum atomic E-state index is 13.9. The van der Waals surface area contributed by atoms with Crippen molar-refractivity contribution in [3.63, 3.8) is 0 Å². The molecule has 0 aliphatic rings. The molecule has 0 fully saturated rings. The van der Waals surface area contributed by atoms with Crippen LogP contribution in [-0.2, 0) is 6.54 Å². The Balaban J connectivity index is 1.98. The van der Waals surface area contributed by atoms with Crippen LogP contribution in [0.5, 0.6) is 0 Å². The Hall–Kier alpha value is -2.41. The van der Waals surface area contributed by atoms with Gasteiger partial charge in [-0.05, 0) is 46.5 Å². The van der Waals surface area contributed by atoms with Gasteiger partial charge < -0.3 is 10.6 Å². The third kappa shape index (κ3) is 6.14. The Morgan fingerprint density at radius 1 is 1.00 bits per heavy atom. The third-order valence-electron chi connectivity index (χ3n) is 5.01. The average Bonchev–Trinajstić information content (AvgIpc) is 2.76. The lowest BCUT2D eigenvalue weighted by Crippen LogP contribution is -2.34. The van der Waals surface area contributed by atoms with Gasteiger partial charge in [0.25, 0.3) is 0 Å². The first-order valence-corrected chi connectivity index (χ1v) is 11.2. The van der Waals surface area contributed by atoms with E-state index in [0.29, 0.717) is 12.1 Å². The van der Waals surface area contributed by atoms with Crippen LogP contribution in [0, 0.1) is 0 Å². The minimum Gasteiger partial charge on any atom is -0.338 e. The quantitative estimate of drug-likeness (QED) is 0.321. The van der Waals surface area contributed by atoms with Gasteiger partial charge >= 0.3 is 12.2 Å². The molecular weight excluding hydrogens is 496 g/mol. The maximum Gasteiger partial charge on any atom is 0.399 e. The first-order valence-electron chi connectivity index (χ1n) is 10.0. The van der Waals surface area contributed by atoms with Crippen molar-refractivity contribution in [3.05, 3.63) is 86.4 Å². The molecule has 0 aliphatic carbocycles. The van der Waals surface area contributed by atoms with Crippen molar-refractivity contribution in [2.45, 2.75) is 25.6 Å². The van der Waals surface area contributed by atoms with E-state index < -0.39 is 12.1 Å². The van der Waals surface area contributed by atoms with Gasteiger partial charge in [-0.3, -0.25) is 0 Å². The first-order chi connectivity index (χ1) is 15.6. The molecule has 3 nitrogen and oxygen atoms in total. The predicted molar refractivity (Wildman–Crippen MR) is 129 cm³/mol. The van der Waals surface area contributed by atoms with E-state index in [9.17, 15) is 18.0 Å². The van der Waals surface area contributed by atoms with Crippen LogP contribution in [-0.4, -0.2) is 18.8 Å². The van der Waals surface area contributed by atoms with Crippen molar-refractivity contribution < 1.29 is 18.0 Å². The zero-order chi connectivity index (χ0) is 24.2. The zero-order valence-corrected chi connectivity index (χ0v) is 19.7. The van der Waals surface area contributed by atoms with Crippen LogP contribution in [0.4, 0.5) is 18.0 Å². The van der Waals surface area contributed by atoms with E-state index in [1.54, 1.807) is 18.2 Å². The van der Waals surface area contributed by atoms with E-state index in [0.717, 1.165) is 22.4 Å². The molecule has 33 heavy (non-hydrogen) atoms. The molecule has 3 aromatic rings. The number of hydrogen-bond acceptors (Lipinski definition) is 1. The molecule has 0 bridgehead atoms. The van der Waals surface area contributed by atoms with E-state index in [1.165, 1.54) is 18.2 Å². The number of carbonyl (C=O) groups is 1. The lowest BCUT2D eigenvalue weighted by atomic mass is 9.95. The molecule has 0 aliphatic heterocycles. The molecule has 0 saturated heterocycles. The molecular formula is C24H20Cl3F3N2O. The van der Waals surface area contributed by atoms with Gasteiger partial charge in [-0.2, -0.15) is 13.2 Å². The van der Waals surface area contributed by atoms with Gasteiger partial charge in [0.05, 0.1) is 21.0 Å². The minimum atomic E-state index is -4.57. The SMILES string of the molecule is CCNC(=O)NCc1ccc(/C=C/C(c2cc(Cl)c(Cl)c(Cl)c2)C(F)(F)F)c2ccccc12. The number of benzene rings is 3. The lowest BCUT2D eigenvalue weighted by Gasteiger charge is -2.18. The highest BCUT2D eigenvalue weighted by Gasteiger charge is 2.39. The summed E-state index contributed by atoms with van der Waals surface area (Å²) in [4.78, 5) is 11.7. The highest BCUT2D eigenvalue weighted by molar-refractivity contribution is 6.48. The first kappa shape index (κ1) is 25.2. The molecule has 3 rings (SSSR count). The normalized spacial score (nSPS) is 12.8. The molecule has 9 heteroatoms. The number of hydrogen-bond donors (Lipinski definition) is 2. The van der Waals surface area contributed by atoms with Crippen LogP contribution in [0.15, 0.2) is 54.6 Å². The average molecular weight is 516 g/mol. The number of carbonyl (C=O) groups excluding carboxylic acids is 1. The number of urea groups is 1. The molecule has 3 aromatic carbocycles. The van der Waals surface area contributed by atoms with Gasteiger partial charge in [-0.15, -0.1) is 0 Å². The summed E-state index contributed by atoms with van der Waals surface area (Å²) in [5.74, 6) is -1.93. The van der Waals surface area contributed by atoms with Crippen LogP contribution in [0.3, 0.4) is 0 Å². The summed E-state index contributed by atoms with van der Waals surface area (Å²) in [6, 6.07) is 12.9. The molecule has 1 atom stereocenters. The highest BCUT2D eigenvalue weighted by Crippen LogP contribution is 2.41. The predicted octanol–water partition coefficient (Wildman–Crippen LogP) is 7.98. The van der Waals surface area contributed by atoms with Crippen LogP contribution in [0.1, 0.15) is 29.5 Å². The molecule has 0 radical (unpaired) electrons. The minimum absolute atomic E-state index is 0.00907. The summed E-state index contributed by atoms with van der Waals surface area (Å²) in [7, 11) is 0. The van der Waals surface area contributed by atoms with Crippen molar-refractivity contribution in [1.82, 2.24) is 10.6 Å². The molecule has 0 spiro atoms. The Labute approximate surface area is 204 Å². The zero-order valence-electron chi connectivity index (χ0n) is 17.4. The van der Waals surface area contributed by atoms with Crippen molar-refractivity contribution in [2.75, 3.05) is 6.54 Å². The van der Waals surface area contributed by atoms with Gasteiger partial charge in [0.1, 0.15) is 0 Å². The summed E-state index contributed by atoms with van der Waals surface area (Å²) in [6.45, 7) is 2.60. The smallest absolute Gasteiger partial charge is 0.338 e. The number of fused-ring (bicyclic) bond motifs is 1. The van der Waals surface area contributed by atoms with Crippen LogP contribution in [0.25, 0.3) is 16.8 Å². The van der Waals surface area contributed by atoms with E-state index in [-0.39, 0.29) is 33.2 Å². The van der Waals surface area contributed by atoms with E-state index in [2.05, 4.69) is 10.6 Å². The number of halogens is 6. The van der Waals surface area contributed by atoms with Crippen molar-refractivity contribution in [2.24, 2.45) is 0 Å². The Bertz CT molecular complexity index is 1170. The van der Waals surface area contributed by atoms with E-state index >= 15 is 0 Å². The molecule has 2 amide bonds. The highest BCUT2D eigenvalue weighted by atomic mass is 35.5. The fraction of sp³-hybridized carbons (Fsp3) is 0.208. The van der Waals surface area contributed by atoms with Crippen LogP contribution < -0.4 is 10.6 Å². The Morgan fingerprint density at radius 2 is 1.64 bits per heavy atom. The lowest BCUT2D eigenvalue weighted by molar-refractivity contribution is -0.139. The van der Waals surface area contributed by atoms with Crippen molar-refractivity contribution in [1.29, 1.82) is 0 Å². The van der Waals surface area contributed by atoms with Gasteiger partial charge in [-0.1, -0.05) is 83.4 Å². The molecule has 1 unspecified atom stereocenters. The van der Waals surface area contributed by atoms with Crippen LogP contribution >= 0.6 is 34.8 Å². The molecule has 0 aromatic heterocycles.